The van der Waals surface area contributed by atoms with Gasteiger partial charge in [-0.25, -0.2) is 4.79 Å². The van der Waals surface area contributed by atoms with Crippen molar-refractivity contribution in [2.45, 2.75) is 19.4 Å². The molecule has 0 aliphatic carbocycles. The first-order chi connectivity index (χ1) is 4.45. The van der Waals surface area contributed by atoms with Crippen molar-refractivity contribution in [1.82, 2.24) is 0 Å². The van der Waals surface area contributed by atoms with E-state index < -0.39 is 11.5 Å². The van der Waals surface area contributed by atoms with Crippen LogP contribution in [0.5, 0.6) is 0 Å². The number of aliphatic carboxylic acids is 1. The fraction of sp³-hybridized carbons (Fsp3) is 0.571. The molecule has 4 N–H and O–H groups in total. The molecule has 3 nitrogen and oxygen atoms in total. The van der Waals surface area contributed by atoms with Gasteiger partial charge in [-0.3, -0.25) is 0 Å². The highest BCUT2D eigenvalue weighted by Gasteiger charge is 2.38. The number of hydrogen-bond acceptors (Lipinski definition) is 1. The van der Waals surface area contributed by atoms with E-state index in [2.05, 4.69) is 12.3 Å². The predicted octanol–water partition coefficient (Wildman–Crippen LogP) is -3.10. The second-order valence-corrected chi connectivity index (χ2v) is 2.70. The quantitative estimate of drug-likeness (QED) is 0.451. The van der Waals surface area contributed by atoms with Crippen LogP contribution in [0.3, 0.4) is 0 Å². The first-order valence-electron chi connectivity index (χ1n) is 3.17. The minimum atomic E-state index is -1.03. The van der Waals surface area contributed by atoms with E-state index in [1.54, 1.807) is 0 Å². The maximum Gasteiger partial charge on any atom is 0.370 e. The standard InChI is InChI=1S/C7H13NO2.ClH/c1-4-7(8,5(2)3)6(9)10;/h4-5H,1,8H2,2-3H3,(H,9,10);1H/t7-;/m0./s1. The Morgan fingerprint density at radius 3 is 2.09 bits per heavy atom. The molecule has 0 fully saturated rings. The predicted molar refractivity (Wildman–Crippen MR) is 38.3 cm³/mol. The number of carboxylic acid groups (broad SMARTS) is 1. The van der Waals surface area contributed by atoms with Gasteiger partial charge in [0.2, 0.25) is 5.54 Å². The van der Waals surface area contributed by atoms with Gasteiger partial charge in [-0.2, -0.15) is 0 Å². The van der Waals surface area contributed by atoms with Crippen LogP contribution in [0.4, 0.5) is 0 Å². The van der Waals surface area contributed by atoms with Crippen LogP contribution in [0.15, 0.2) is 12.7 Å². The topological polar surface area (TPSA) is 64.9 Å². The van der Waals surface area contributed by atoms with Gasteiger partial charge in [0.05, 0.1) is 0 Å². The monoisotopic (exact) mass is 179 g/mol. The number of hydrogen-bond donors (Lipinski definition) is 2. The third kappa shape index (κ3) is 2.52. The molecule has 0 aromatic carbocycles. The zero-order valence-corrected chi connectivity index (χ0v) is 7.56. The van der Waals surface area contributed by atoms with Crippen LogP contribution in [-0.4, -0.2) is 16.6 Å². The molecule has 66 valence electrons. The molecule has 0 aromatic rings. The van der Waals surface area contributed by atoms with E-state index >= 15 is 0 Å². The average Bonchev–Trinajstić information content (AvgIpc) is 1.85. The van der Waals surface area contributed by atoms with Crippen molar-refractivity contribution in [1.29, 1.82) is 0 Å². The van der Waals surface area contributed by atoms with Gasteiger partial charge < -0.3 is 23.2 Å². The fourth-order valence-electron chi connectivity index (χ4n) is 0.570. The van der Waals surface area contributed by atoms with E-state index in [-0.39, 0.29) is 18.3 Å². The van der Waals surface area contributed by atoms with Gasteiger partial charge in [-0.1, -0.05) is 20.4 Å². The molecule has 0 spiro atoms. The van der Waals surface area contributed by atoms with E-state index in [0.717, 1.165) is 0 Å². The molecule has 0 unspecified atom stereocenters. The third-order valence-corrected chi connectivity index (χ3v) is 1.79. The lowest BCUT2D eigenvalue weighted by atomic mass is 9.88. The summed E-state index contributed by atoms with van der Waals surface area (Å²) in [4.78, 5) is 10.6. The lowest BCUT2D eigenvalue weighted by Gasteiger charge is -2.20. The molecule has 0 aromatic heterocycles. The molecule has 4 heteroatoms. The van der Waals surface area contributed by atoms with Gasteiger partial charge in [0.15, 0.2) is 0 Å². The fourth-order valence-corrected chi connectivity index (χ4v) is 0.570. The maximum atomic E-state index is 10.6. The lowest BCUT2D eigenvalue weighted by molar-refractivity contribution is -0.455. The number of carbonyl (C=O) groups is 1. The number of halogens is 1. The summed E-state index contributed by atoms with van der Waals surface area (Å²) in [5.74, 6) is -0.944. The summed E-state index contributed by atoms with van der Waals surface area (Å²) in [7, 11) is 0. The SMILES string of the molecule is C=C[C@@]([NH3+])(C(=O)O)C(C)C.[Cl-]. The van der Waals surface area contributed by atoms with Crippen molar-refractivity contribution in [3.05, 3.63) is 12.7 Å². The Bertz CT molecular complexity index is 159. The Morgan fingerprint density at radius 2 is 2.09 bits per heavy atom. The Hall–Kier alpha value is -0.540. The Balaban J connectivity index is 0. The minimum absolute atomic E-state index is 0. The molecule has 11 heavy (non-hydrogen) atoms. The van der Waals surface area contributed by atoms with Crippen LogP contribution in [0.25, 0.3) is 0 Å². The van der Waals surface area contributed by atoms with Crippen LogP contribution in [0.1, 0.15) is 13.8 Å². The van der Waals surface area contributed by atoms with Crippen LogP contribution in [-0.2, 0) is 4.79 Å². The summed E-state index contributed by atoms with van der Waals surface area (Å²) < 4.78 is 0. The van der Waals surface area contributed by atoms with E-state index in [9.17, 15) is 4.79 Å². The second kappa shape index (κ2) is 4.36. The summed E-state index contributed by atoms with van der Waals surface area (Å²) in [5, 5.41) is 8.67. The van der Waals surface area contributed by atoms with Crippen molar-refractivity contribution in [2.24, 2.45) is 5.92 Å². The normalized spacial score (nSPS) is 14.9. The summed E-state index contributed by atoms with van der Waals surface area (Å²) in [5.41, 5.74) is 2.54. The molecule has 0 bridgehead atoms. The molecule has 0 aliphatic heterocycles. The smallest absolute Gasteiger partial charge is 0.370 e. The van der Waals surface area contributed by atoms with Crippen molar-refractivity contribution < 1.29 is 28.0 Å². The molecule has 0 aliphatic rings. The Labute approximate surface area is 72.7 Å². The Kier molecular flexibility index (Phi) is 5.19. The molecule has 0 radical (unpaired) electrons. The number of carboxylic acids is 1. The van der Waals surface area contributed by atoms with Crippen molar-refractivity contribution in [3.8, 4) is 0 Å². The molecule has 0 heterocycles. The average molecular weight is 180 g/mol. The van der Waals surface area contributed by atoms with E-state index in [1.807, 2.05) is 13.8 Å². The van der Waals surface area contributed by atoms with Crippen LogP contribution < -0.4 is 18.1 Å². The Morgan fingerprint density at radius 1 is 1.73 bits per heavy atom. The largest absolute Gasteiger partial charge is 1.00 e. The zero-order chi connectivity index (χ0) is 8.36. The molecule has 0 saturated heterocycles. The van der Waals surface area contributed by atoms with Crippen molar-refractivity contribution in [3.63, 3.8) is 0 Å². The van der Waals surface area contributed by atoms with Crippen LogP contribution in [0, 0.1) is 5.92 Å². The molecular formula is C7H14ClNO2. The lowest BCUT2D eigenvalue weighted by Crippen LogP contribution is -3.00. The highest BCUT2D eigenvalue weighted by atomic mass is 35.5. The van der Waals surface area contributed by atoms with Gasteiger partial charge in [0.25, 0.3) is 0 Å². The second-order valence-electron chi connectivity index (χ2n) is 2.70. The molecular weight excluding hydrogens is 166 g/mol. The number of quaternary nitrogens is 1. The van der Waals surface area contributed by atoms with E-state index in [4.69, 9.17) is 5.11 Å². The molecule has 0 saturated carbocycles. The minimum Gasteiger partial charge on any atom is -1.00 e. The van der Waals surface area contributed by atoms with Gasteiger partial charge >= 0.3 is 5.97 Å². The van der Waals surface area contributed by atoms with Crippen LogP contribution in [0.2, 0.25) is 0 Å². The van der Waals surface area contributed by atoms with Crippen LogP contribution >= 0.6 is 0 Å². The van der Waals surface area contributed by atoms with E-state index in [1.165, 1.54) is 6.08 Å². The highest BCUT2D eigenvalue weighted by Crippen LogP contribution is 2.12. The van der Waals surface area contributed by atoms with Gasteiger partial charge in [0.1, 0.15) is 0 Å². The molecule has 0 rings (SSSR count). The van der Waals surface area contributed by atoms with E-state index in [0.29, 0.717) is 0 Å². The summed E-state index contributed by atoms with van der Waals surface area (Å²) in [6.07, 6.45) is 1.38. The van der Waals surface area contributed by atoms with Crippen molar-refractivity contribution >= 4 is 5.97 Å². The van der Waals surface area contributed by atoms with Gasteiger partial charge in [-0.15, -0.1) is 0 Å². The van der Waals surface area contributed by atoms with Crippen molar-refractivity contribution in [2.75, 3.05) is 0 Å². The third-order valence-electron chi connectivity index (χ3n) is 1.79. The van der Waals surface area contributed by atoms with Gasteiger partial charge in [-0.05, 0) is 6.08 Å². The highest BCUT2D eigenvalue weighted by molar-refractivity contribution is 5.79. The maximum absolute atomic E-state index is 10.6. The summed E-state index contributed by atoms with van der Waals surface area (Å²) in [6.45, 7) is 7.05. The molecule has 1 atom stereocenters. The summed E-state index contributed by atoms with van der Waals surface area (Å²) >= 11 is 0. The van der Waals surface area contributed by atoms with Gasteiger partial charge in [0, 0.05) is 5.92 Å². The first-order valence-corrected chi connectivity index (χ1v) is 3.17. The number of rotatable bonds is 3. The zero-order valence-electron chi connectivity index (χ0n) is 6.80. The molecule has 0 amide bonds. The summed E-state index contributed by atoms with van der Waals surface area (Å²) in [6, 6.07) is 0. The first kappa shape index (κ1) is 13.1.